The summed E-state index contributed by atoms with van der Waals surface area (Å²) in [5, 5.41) is 3.60. The maximum Gasteiger partial charge on any atom is 0.146 e. The van der Waals surface area contributed by atoms with Gasteiger partial charge in [0.2, 0.25) is 0 Å². The van der Waals surface area contributed by atoms with Crippen molar-refractivity contribution in [2.45, 2.75) is 52.5 Å². The second-order valence-electron chi connectivity index (χ2n) is 6.71. The molecule has 0 spiro atoms. The second-order valence-corrected chi connectivity index (χ2v) is 6.71. The highest BCUT2D eigenvalue weighted by Crippen LogP contribution is 2.39. The summed E-state index contributed by atoms with van der Waals surface area (Å²) < 4.78 is 14.1. The van der Waals surface area contributed by atoms with Crippen LogP contribution in [0, 0.1) is 11.2 Å². The number of anilines is 1. The van der Waals surface area contributed by atoms with Crippen molar-refractivity contribution in [2.24, 2.45) is 5.41 Å². The summed E-state index contributed by atoms with van der Waals surface area (Å²) in [6.07, 6.45) is 5.10. The average molecular weight is 292 g/mol. The van der Waals surface area contributed by atoms with E-state index < -0.39 is 0 Å². The molecule has 118 valence electrons. The molecule has 1 aliphatic rings. The number of nitrogens with zero attached hydrogens (tertiary/aromatic N) is 1. The molecule has 0 bridgehead atoms. The van der Waals surface area contributed by atoms with E-state index in [1.165, 1.54) is 25.7 Å². The highest BCUT2D eigenvalue weighted by atomic mass is 19.1. The number of hydrogen-bond acceptors (Lipinski definition) is 2. The van der Waals surface area contributed by atoms with Gasteiger partial charge in [-0.2, -0.15) is 0 Å². The molecule has 1 aromatic rings. The first-order chi connectivity index (χ1) is 10.1. The maximum atomic E-state index is 14.1. The molecular formula is C18H29FN2. The van der Waals surface area contributed by atoms with Gasteiger partial charge in [0.25, 0.3) is 0 Å². The van der Waals surface area contributed by atoms with Gasteiger partial charge in [-0.3, -0.25) is 0 Å². The number of para-hydroxylation sites is 1. The first kappa shape index (κ1) is 16.3. The van der Waals surface area contributed by atoms with Crippen molar-refractivity contribution in [1.82, 2.24) is 5.32 Å². The lowest BCUT2D eigenvalue weighted by Gasteiger charge is -2.37. The molecule has 0 radical (unpaired) electrons. The lowest BCUT2D eigenvalue weighted by molar-refractivity contribution is 0.274. The summed E-state index contributed by atoms with van der Waals surface area (Å²) in [5.41, 5.74) is 1.04. The van der Waals surface area contributed by atoms with E-state index in [4.69, 9.17) is 0 Å². The highest BCUT2D eigenvalue weighted by molar-refractivity contribution is 5.47. The quantitative estimate of drug-likeness (QED) is 0.810. The van der Waals surface area contributed by atoms with E-state index in [9.17, 15) is 4.39 Å². The fourth-order valence-electron chi connectivity index (χ4n) is 3.42. The standard InChI is InChI=1S/C18H29FN2/c1-4-21(17-10-6-5-9-16(17)19)14-18(11-7-8-12-18)13-20-15(2)3/h5-6,9-10,15,20H,4,7-8,11-14H2,1-3H3. The Hall–Kier alpha value is -1.09. The predicted molar refractivity (Wildman–Crippen MR) is 88.3 cm³/mol. The van der Waals surface area contributed by atoms with Crippen molar-refractivity contribution in [3.05, 3.63) is 30.1 Å². The van der Waals surface area contributed by atoms with Crippen molar-refractivity contribution in [1.29, 1.82) is 0 Å². The molecule has 1 aliphatic carbocycles. The van der Waals surface area contributed by atoms with Crippen LogP contribution >= 0.6 is 0 Å². The van der Waals surface area contributed by atoms with Crippen LogP contribution in [0.5, 0.6) is 0 Å². The molecule has 0 heterocycles. The minimum Gasteiger partial charge on any atom is -0.369 e. The molecule has 2 nitrogen and oxygen atoms in total. The Balaban J connectivity index is 2.12. The Morgan fingerprint density at radius 3 is 2.48 bits per heavy atom. The first-order valence-electron chi connectivity index (χ1n) is 8.29. The van der Waals surface area contributed by atoms with Gasteiger partial charge in [-0.15, -0.1) is 0 Å². The van der Waals surface area contributed by atoms with Crippen LogP contribution in [-0.4, -0.2) is 25.7 Å². The van der Waals surface area contributed by atoms with Crippen molar-refractivity contribution in [2.75, 3.05) is 24.5 Å². The molecule has 0 aliphatic heterocycles. The van der Waals surface area contributed by atoms with Crippen LogP contribution in [0.3, 0.4) is 0 Å². The Morgan fingerprint density at radius 1 is 1.24 bits per heavy atom. The molecule has 2 rings (SSSR count). The second kappa shape index (κ2) is 7.26. The lowest BCUT2D eigenvalue weighted by atomic mass is 9.85. The molecule has 0 atom stereocenters. The Labute approximate surface area is 128 Å². The summed E-state index contributed by atoms with van der Waals surface area (Å²) in [7, 11) is 0. The molecular weight excluding hydrogens is 263 g/mol. The molecule has 3 heteroatoms. The normalized spacial score (nSPS) is 17.4. The van der Waals surface area contributed by atoms with E-state index in [1.54, 1.807) is 12.1 Å². The van der Waals surface area contributed by atoms with Crippen molar-refractivity contribution >= 4 is 5.69 Å². The number of benzene rings is 1. The smallest absolute Gasteiger partial charge is 0.146 e. The van der Waals surface area contributed by atoms with E-state index in [1.807, 2.05) is 12.1 Å². The first-order valence-corrected chi connectivity index (χ1v) is 8.29. The van der Waals surface area contributed by atoms with E-state index in [2.05, 4.69) is 31.0 Å². The van der Waals surface area contributed by atoms with Gasteiger partial charge < -0.3 is 10.2 Å². The molecule has 1 aromatic carbocycles. The topological polar surface area (TPSA) is 15.3 Å². The van der Waals surface area contributed by atoms with Gasteiger partial charge in [-0.05, 0) is 31.9 Å². The third-order valence-electron chi connectivity index (χ3n) is 4.65. The molecule has 1 saturated carbocycles. The molecule has 21 heavy (non-hydrogen) atoms. The van der Waals surface area contributed by atoms with E-state index in [0.717, 1.165) is 25.3 Å². The minimum atomic E-state index is -0.107. The fraction of sp³-hybridized carbons (Fsp3) is 0.667. The SMILES string of the molecule is CCN(CC1(CNC(C)C)CCCC1)c1ccccc1F. The molecule has 1 N–H and O–H groups in total. The van der Waals surface area contributed by atoms with Gasteiger partial charge in [0.1, 0.15) is 5.82 Å². The van der Waals surface area contributed by atoms with Crippen molar-refractivity contribution < 1.29 is 4.39 Å². The molecule has 1 fully saturated rings. The number of rotatable bonds is 7. The Kier molecular flexibility index (Phi) is 5.63. The third-order valence-corrected chi connectivity index (χ3v) is 4.65. The third kappa shape index (κ3) is 4.19. The van der Waals surface area contributed by atoms with Crippen LogP contribution < -0.4 is 10.2 Å². The van der Waals surface area contributed by atoms with Crippen LogP contribution in [0.1, 0.15) is 46.5 Å². The van der Waals surface area contributed by atoms with Crippen LogP contribution in [0.2, 0.25) is 0 Å². The Morgan fingerprint density at radius 2 is 1.90 bits per heavy atom. The number of nitrogens with one attached hydrogen (secondary N) is 1. The van der Waals surface area contributed by atoms with Gasteiger partial charge in [0.15, 0.2) is 0 Å². The van der Waals surface area contributed by atoms with Gasteiger partial charge in [-0.1, -0.05) is 38.8 Å². The molecule has 0 saturated heterocycles. The van der Waals surface area contributed by atoms with Gasteiger partial charge >= 0.3 is 0 Å². The monoisotopic (exact) mass is 292 g/mol. The van der Waals surface area contributed by atoms with Gasteiger partial charge in [-0.25, -0.2) is 4.39 Å². The molecule has 0 amide bonds. The molecule has 0 unspecified atom stereocenters. The maximum absolute atomic E-state index is 14.1. The largest absolute Gasteiger partial charge is 0.369 e. The number of hydrogen-bond donors (Lipinski definition) is 1. The van der Waals surface area contributed by atoms with Crippen LogP contribution in [0.4, 0.5) is 10.1 Å². The lowest BCUT2D eigenvalue weighted by Crippen LogP contribution is -2.44. The zero-order valence-electron chi connectivity index (χ0n) is 13.7. The summed E-state index contributed by atoms with van der Waals surface area (Å²) >= 11 is 0. The van der Waals surface area contributed by atoms with E-state index in [-0.39, 0.29) is 5.82 Å². The molecule has 0 aromatic heterocycles. The highest BCUT2D eigenvalue weighted by Gasteiger charge is 2.35. The summed E-state index contributed by atoms with van der Waals surface area (Å²) in [5.74, 6) is -0.107. The average Bonchev–Trinajstić information content (AvgIpc) is 2.93. The van der Waals surface area contributed by atoms with Gasteiger partial charge in [0.05, 0.1) is 5.69 Å². The predicted octanol–water partition coefficient (Wildman–Crippen LogP) is 4.21. The summed E-state index contributed by atoms with van der Waals surface area (Å²) in [6, 6.07) is 7.65. The number of halogens is 1. The van der Waals surface area contributed by atoms with Crippen molar-refractivity contribution in [3.63, 3.8) is 0 Å². The van der Waals surface area contributed by atoms with Crippen LogP contribution in [0.15, 0.2) is 24.3 Å². The fourth-order valence-corrected chi connectivity index (χ4v) is 3.42. The zero-order chi connectivity index (χ0) is 15.3. The van der Waals surface area contributed by atoms with E-state index in [0.29, 0.717) is 11.5 Å². The minimum absolute atomic E-state index is 0.107. The van der Waals surface area contributed by atoms with Crippen LogP contribution in [0.25, 0.3) is 0 Å². The summed E-state index contributed by atoms with van der Waals surface area (Å²) in [6.45, 7) is 9.34. The van der Waals surface area contributed by atoms with Crippen molar-refractivity contribution in [3.8, 4) is 0 Å². The zero-order valence-corrected chi connectivity index (χ0v) is 13.7. The van der Waals surface area contributed by atoms with Gasteiger partial charge in [0, 0.05) is 31.1 Å². The summed E-state index contributed by atoms with van der Waals surface area (Å²) in [4.78, 5) is 2.21. The Bertz CT molecular complexity index is 439. The van der Waals surface area contributed by atoms with E-state index >= 15 is 0 Å². The van der Waals surface area contributed by atoms with Crippen LogP contribution in [-0.2, 0) is 0 Å².